The van der Waals surface area contributed by atoms with E-state index in [0.29, 0.717) is 24.9 Å². The first kappa shape index (κ1) is 17.7. The molecule has 120 valence electrons. The summed E-state index contributed by atoms with van der Waals surface area (Å²) in [6.45, 7) is 0. The van der Waals surface area contributed by atoms with Gasteiger partial charge in [0.05, 0.1) is 10.7 Å². The quantitative estimate of drug-likeness (QED) is 0.428. The topological polar surface area (TPSA) is 98.7 Å². The summed E-state index contributed by atoms with van der Waals surface area (Å²) in [4.78, 5) is 22.0. The fourth-order valence-corrected chi connectivity index (χ4v) is 3.45. The molecule has 6 nitrogen and oxygen atoms in total. The lowest BCUT2D eigenvalue weighted by Crippen LogP contribution is -2.18. The fraction of sp³-hybridized carbons (Fsp3) is 0.0769. The first-order chi connectivity index (χ1) is 10.8. The molecule has 0 aromatic heterocycles. The van der Waals surface area contributed by atoms with Gasteiger partial charge in [0.15, 0.2) is 0 Å². The Balaban J connectivity index is 0.000000229. The van der Waals surface area contributed by atoms with Crippen LogP contribution in [-0.4, -0.2) is 36.4 Å². The maximum absolute atomic E-state index is 11.3. The first-order valence-electron chi connectivity index (χ1n) is 6.08. The Hall–Kier alpha value is -1.62. The predicted octanol–water partition coefficient (Wildman–Crippen LogP) is 1.72. The van der Waals surface area contributed by atoms with Crippen LogP contribution in [0.2, 0.25) is 0 Å². The molecule has 1 aromatic carbocycles. The van der Waals surface area contributed by atoms with E-state index in [2.05, 4.69) is 22.9 Å². The molecule has 2 saturated heterocycles. The Bertz CT molecular complexity index is 698. The smallest absolute Gasteiger partial charge is 0.263 e. The molecule has 4 N–H and O–H groups in total. The van der Waals surface area contributed by atoms with Crippen molar-refractivity contribution in [3.8, 4) is 11.5 Å². The van der Waals surface area contributed by atoms with E-state index in [1.54, 1.807) is 6.08 Å². The van der Waals surface area contributed by atoms with E-state index >= 15 is 0 Å². The van der Waals surface area contributed by atoms with Gasteiger partial charge in [-0.2, -0.15) is 0 Å². The van der Waals surface area contributed by atoms with Gasteiger partial charge in [0.2, 0.25) is 5.91 Å². The largest absolute Gasteiger partial charge is 0.508 e. The van der Waals surface area contributed by atoms with Crippen molar-refractivity contribution in [3.05, 3.63) is 28.7 Å². The zero-order valence-electron chi connectivity index (χ0n) is 11.4. The number of thioether (sulfide) groups is 2. The van der Waals surface area contributed by atoms with Crippen molar-refractivity contribution in [3.63, 3.8) is 0 Å². The standard InChI is InChI=1S/C10H7NO3S2.C3H3NOS2/c12-6-1-5(2-7(13)4-6)3-8-9(14)11-10(15)16-8;5-2-1-7-3(6)4-2/h1-4,12-13H,(H,11,14,15);1H2,(H,4,5,6)/b8-3-;. The van der Waals surface area contributed by atoms with Gasteiger partial charge < -0.3 is 20.8 Å². The normalized spacial score (nSPS) is 18.5. The molecular formula is C13H10N2O4S4. The number of benzene rings is 1. The third kappa shape index (κ3) is 5.50. The number of aromatic hydroxyl groups is 2. The van der Waals surface area contributed by atoms with E-state index in [0.717, 1.165) is 11.8 Å². The van der Waals surface area contributed by atoms with E-state index in [1.807, 2.05) is 0 Å². The van der Waals surface area contributed by atoms with Crippen molar-refractivity contribution >= 4 is 74.5 Å². The van der Waals surface area contributed by atoms with Crippen LogP contribution in [0.15, 0.2) is 23.1 Å². The number of thiocarbonyl (C=S) groups is 2. The lowest BCUT2D eigenvalue weighted by Gasteiger charge is -1.98. The van der Waals surface area contributed by atoms with E-state index < -0.39 is 0 Å². The van der Waals surface area contributed by atoms with Crippen molar-refractivity contribution in [2.45, 2.75) is 0 Å². The lowest BCUT2D eigenvalue weighted by molar-refractivity contribution is -0.117. The minimum absolute atomic E-state index is 0.0231. The number of nitrogens with one attached hydrogen (secondary N) is 2. The molecule has 2 fully saturated rings. The summed E-state index contributed by atoms with van der Waals surface area (Å²) >= 11 is 12.0. The molecular weight excluding hydrogens is 376 g/mol. The SMILES string of the molecule is O=C1CSC(=S)N1.O=C1NC(=S)S/C1=C\c1cc(O)cc(O)c1. The number of amides is 2. The highest BCUT2D eigenvalue weighted by molar-refractivity contribution is 8.26. The van der Waals surface area contributed by atoms with E-state index in [9.17, 15) is 19.8 Å². The summed E-state index contributed by atoms with van der Waals surface area (Å²) in [6.07, 6.45) is 1.55. The number of phenols is 2. The second-order valence-electron chi connectivity index (χ2n) is 4.26. The average molecular weight is 387 g/mol. The van der Waals surface area contributed by atoms with E-state index in [1.165, 1.54) is 30.0 Å². The van der Waals surface area contributed by atoms with Crippen LogP contribution in [0.25, 0.3) is 6.08 Å². The summed E-state index contributed by atoms with van der Waals surface area (Å²) in [6, 6.07) is 4.11. The van der Waals surface area contributed by atoms with Gasteiger partial charge in [-0.05, 0) is 23.8 Å². The number of carbonyl (C=O) groups excluding carboxylic acids is 2. The molecule has 0 radical (unpaired) electrons. The van der Waals surface area contributed by atoms with Crippen molar-refractivity contribution in [1.29, 1.82) is 0 Å². The Morgan fingerprint density at radius 3 is 2.09 bits per heavy atom. The molecule has 3 rings (SSSR count). The van der Waals surface area contributed by atoms with E-state index in [-0.39, 0.29) is 23.3 Å². The summed E-state index contributed by atoms with van der Waals surface area (Å²) in [5, 5.41) is 23.5. The van der Waals surface area contributed by atoms with Crippen molar-refractivity contribution in [2.75, 3.05) is 5.75 Å². The summed E-state index contributed by atoms with van der Waals surface area (Å²) in [5.41, 5.74) is 0.542. The number of phenolic OH excluding ortho intramolecular Hbond substituents is 2. The van der Waals surface area contributed by atoms with Crippen LogP contribution in [0, 0.1) is 0 Å². The van der Waals surface area contributed by atoms with Crippen LogP contribution in [0.4, 0.5) is 0 Å². The fourth-order valence-electron chi connectivity index (χ4n) is 1.59. The molecule has 0 bridgehead atoms. The second-order valence-corrected chi connectivity index (χ2v) is 7.63. The number of carbonyl (C=O) groups is 2. The van der Waals surface area contributed by atoms with Gasteiger partial charge in [0.25, 0.3) is 5.91 Å². The number of hydrogen-bond acceptors (Lipinski definition) is 8. The molecule has 0 aliphatic carbocycles. The minimum atomic E-state index is -0.266. The minimum Gasteiger partial charge on any atom is -0.508 e. The van der Waals surface area contributed by atoms with Crippen molar-refractivity contribution in [1.82, 2.24) is 10.6 Å². The third-order valence-electron chi connectivity index (χ3n) is 2.44. The molecule has 0 atom stereocenters. The third-order valence-corrected chi connectivity index (χ3v) is 4.83. The molecule has 2 aliphatic rings. The Morgan fingerprint density at radius 2 is 1.70 bits per heavy atom. The van der Waals surface area contributed by atoms with Gasteiger partial charge in [-0.25, -0.2) is 0 Å². The second kappa shape index (κ2) is 7.77. The maximum atomic E-state index is 11.3. The molecule has 0 saturated carbocycles. The maximum Gasteiger partial charge on any atom is 0.263 e. The molecule has 23 heavy (non-hydrogen) atoms. The Labute approximate surface area is 150 Å². The number of hydrogen-bond donors (Lipinski definition) is 4. The highest BCUT2D eigenvalue weighted by atomic mass is 32.2. The van der Waals surface area contributed by atoms with Gasteiger partial charge in [0.1, 0.15) is 20.1 Å². The lowest BCUT2D eigenvalue weighted by atomic mass is 10.2. The van der Waals surface area contributed by atoms with Crippen molar-refractivity contribution in [2.24, 2.45) is 0 Å². The monoisotopic (exact) mass is 386 g/mol. The molecule has 2 amide bonds. The average Bonchev–Trinajstić information content (AvgIpc) is 2.94. The van der Waals surface area contributed by atoms with Gasteiger partial charge in [-0.3, -0.25) is 9.59 Å². The van der Waals surface area contributed by atoms with Gasteiger partial charge in [0, 0.05) is 6.07 Å². The van der Waals surface area contributed by atoms with Crippen LogP contribution < -0.4 is 10.6 Å². The zero-order valence-corrected chi connectivity index (χ0v) is 14.6. The molecule has 0 unspecified atom stereocenters. The van der Waals surface area contributed by atoms with Gasteiger partial charge >= 0.3 is 0 Å². The van der Waals surface area contributed by atoms with Gasteiger partial charge in [-0.15, -0.1) is 0 Å². The van der Waals surface area contributed by atoms with E-state index in [4.69, 9.17) is 12.2 Å². The van der Waals surface area contributed by atoms with Crippen LogP contribution in [-0.2, 0) is 9.59 Å². The summed E-state index contributed by atoms with van der Waals surface area (Å²) < 4.78 is 1.01. The molecule has 0 spiro atoms. The predicted molar refractivity (Wildman–Crippen MR) is 99.3 cm³/mol. The summed E-state index contributed by atoms with van der Waals surface area (Å²) in [7, 11) is 0. The molecule has 1 aromatic rings. The first-order valence-corrected chi connectivity index (χ1v) is 8.70. The van der Waals surface area contributed by atoms with Crippen LogP contribution in [0.3, 0.4) is 0 Å². The Morgan fingerprint density at radius 1 is 1.04 bits per heavy atom. The highest BCUT2D eigenvalue weighted by Gasteiger charge is 2.21. The van der Waals surface area contributed by atoms with Crippen molar-refractivity contribution < 1.29 is 19.8 Å². The molecule has 2 heterocycles. The molecule has 10 heteroatoms. The van der Waals surface area contributed by atoms with Crippen LogP contribution in [0.5, 0.6) is 11.5 Å². The van der Waals surface area contributed by atoms with Crippen LogP contribution in [0.1, 0.15) is 5.56 Å². The zero-order chi connectivity index (χ0) is 17.0. The molecule has 2 aliphatic heterocycles. The Kier molecular flexibility index (Phi) is 5.99. The summed E-state index contributed by atoms with van der Waals surface area (Å²) in [5.74, 6) is 0.141. The highest BCUT2D eigenvalue weighted by Crippen LogP contribution is 2.28. The van der Waals surface area contributed by atoms with Crippen LogP contribution >= 0.6 is 48.0 Å². The number of rotatable bonds is 1. The van der Waals surface area contributed by atoms with Gasteiger partial charge in [-0.1, -0.05) is 48.0 Å².